The molecule has 2 amide bonds. The van der Waals surface area contributed by atoms with Crippen LogP contribution in [0.1, 0.15) is 73.1 Å². The van der Waals surface area contributed by atoms with E-state index in [1.54, 1.807) is 36.4 Å². The lowest BCUT2D eigenvalue weighted by Gasteiger charge is -2.12. The number of carbonyl (C=O) groups excluding carboxylic acids is 2. The predicted octanol–water partition coefficient (Wildman–Crippen LogP) is 5.05. The van der Waals surface area contributed by atoms with E-state index in [4.69, 9.17) is 18.9 Å². The van der Waals surface area contributed by atoms with Crippen molar-refractivity contribution in [2.75, 3.05) is 95.0 Å². The average Bonchev–Trinajstić information content (AvgIpc) is 3.15. The minimum absolute atomic E-state index is 0.122. The summed E-state index contributed by atoms with van der Waals surface area (Å²) in [6.07, 6.45) is 6.79. The number of nitrogens with zero attached hydrogens (tertiary/aromatic N) is 3. The van der Waals surface area contributed by atoms with Crippen molar-refractivity contribution >= 4 is 35.3 Å². The van der Waals surface area contributed by atoms with Gasteiger partial charge >= 0.3 is 0 Å². The maximum Gasteiger partial charge on any atom is 0.251 e. The van der Waals surface area contributed by atoms with Crippen LogP contribution in [0.15, 0.2) is 54.6 Å². The van der Waals surface area contributed by atoms with Gasteiger partial charge in [0.05, 0.1) is 46.2 Å². The molecule has 5 N–H and O–H groups in total. The third-order valence-corrected chi connectivity index (χ3v) is 7.32. The average molecular weight is 709 g/mol. The molecule has 0 unspecified atom stereocenters. The van der Waals surface area contributed by atoms with Crippen LogP contribution in [0.3, 0.4) is 0 Å². The van der Waals surface area contributed by atoms with Gasteiger partial charge in [0.25, 0.3) is 11.8 Å². The Morgan fingerprint density at radius 1 is 0.510 bits per heavy atom. The molecule has 0 atom stereocenters. The van der Waals surface area contributed by atoms with Crippen LogP contribution >= 0.6 is 0 Å². The van der Waals surface area contributed by atoms with Gasteiger partial charge in [-0.3, -0.25) is 9.59 Å². The van der Waals surface area contributed by atoms with Gasteiger partial charge in [0.15, 0.2) is 0 Å². The van der Waals surface area contributed by atoms with E-state index in [1.807, 2.05) is 18.2 Å². The zero-order chi connectivity index (χ0) is 36.2. The predicted molar refractivity (Wildman–Crippen MR) is 200 cm³/mol. The molecule has 0 radical (unpaired) electrons. The Morgan fingerprint density at radius 3 is 1.61 bits per heavy atom. The molecule has 0 saturated heterocycles. The topological polar surface area (TPSA) is 170 Å². The van der Waals surface area contributed by atoms with Crippen LogP contribution in [0.5, 0.6) is 0 Å². The number of benzene rings is 2. The quantitative estimate of drug-likeness (QED) is 0.0610. The molecular weight excluding hydrogens is 652 g/mol. The number of ether oxygens (including phenoxy) is 4. The van der Waals surface area contributed by atoms with Crippen LogP contribution in [-0.2, 0) is 18.9 Å². The van der Waals surface area contributed by atoms with Gasteiger partial charge in [0, 0.05) is 49.6 Å². The van der Waals surface area contributed by atoms with Crippen molar-refractivity contribution in [2.24, 2.45) is 0 Å². The van der Waals surface area contributed by atoms with Crippen molar-refractivity contribution in [3.63, 3.8) is 0 Å². The molecule has 51 heavy (non-hydrogen) atoms. The minimum atomic E-state index is -0.175. The highest BCUT2D eigenvalue weighted by atomic mass is 16.5. The van der Waals surface area contributed by atoms with Gasteiger partial charge in [-0.05, 0) is 49.2 Å². The fourth-order valence-corrected chi connectivity index (χ4v) is 4.64. The summed E-state index contributed by atoms with van der Waals surface area (Å²) < 4.78 is 22.1. The van der Waals surface area contributed by atoms with Gasteiger partial charge in [-0.1, -0.05) is 57.7 Å². The molecule has 14 nitrogen and oxygen atoms in total. The first-order chi connectivity index (χ1) is 25.1. The normalized spacial score (nSPS) is 10.9. The number of amides is 2. The molecule has 3 aromatic rings. The fraction of sp³-hybridized carbons (Fsp3) is 0.541. The van der Waals surface area contributed by atoms with Gasteiger partial charge < -0.3 is 45.5 Å². The first-order valence-corrected chi connectivity index (χ1v) is 18.1. The maximum atomic E-state index is 12.6. The van der Waals surface area contributed by atoms with Gasteiger partial charge in [-0.15, -0.1) is 0 Å². The van der Waals surface area contributed by atoms with E-state index in [1.165, 1.54) is 19.3 Å². The number of rotatable bonds is 29. The third-order valence-electron chi connectivity index (χ3n) is 7.32. The molecule has 1 heterocycles. The van der Waals surface area contributed by atoms with E-state index in [2.05, 4.69) is 55.4 Å². The first kappa shape index (κ1) is 41.1. The van der Waals surface area contributed by atoms with E-state index in [0.29, 0.717) is 94.9 Å². The highest BCUT2D eigenvalue weighted by molar-refractivity contribution is 5.94. The second kappa shape index (κ2) is 26.4. The number of aromatic nitrogens is 3. The monoisotopic (exact) mass is 708 g/mol. The maximum absolute atomic E-state index is 12.6. The van der Waals surface area contributed by atoms with Crippen LogP contribution in [-0.4, -0.2) is 106 Å². The Bertz CT molecular complexity index is 1370. The Kier molecular flexibility index (Phi) is 21.3. The Labute approximate surface area is 302 Å². The highest BCUT2D eigenvalue weighted by Gasteiger charge is 2.09. The molecule has 0 bridgehead atoms. The van der Waals surface area contributed by atoms with Crippen LogP contribution < -0.4 is 26.6 Å². The zero-order valence-corrected chi connectivity index (χ0v) is 30.2. The molecular formula is C37H56N8O6. The fourth-order valence-electron chi connectivity index (χ4n) is 4.64. The summed E-state index contributed by atoms with van der Waals surface area (Å²) in [7, 11) is 0. The zero-order valence-electron chi connectivity index (χ0n) is 30.2. The van der Waals surface area contributed by atoms with Crippen LogP contribution in [0.25, 0.3) is 0 Å². The summed E-state index contributed by atoms with van der Waals surface area (Å²) in [5.74, 6) is 0.945. The largest absolute Gasteiger partial charge is 0.379 e. The van der Waals surface area contributed by atoms with Gasteiger partial charge in [0.2, 0.25) is 17.8 Å². The molecule has 0 saturated carbocycles. The number of anilines is 4. The minimum Gasteiger partial charge on any atom is -0.379 e. The summed E-state index contributed by atoms with van der Waals surface area (Å²) in [5, 5.41) is 15.4. The summed E-state index contributed by atoms with van der Waals surface area (Å²) in [5.41, 5.74) is 1.89. The summed E-state index contributed by atoms with van der Waals surface area (Å²) >= 11 is 0. The van der Waals surface area contributed by atoms with Crippen LogP contribution in [0.2, 0.25) is 0 Å². The number of carbonyl (C=O) groups is 2. The first-order valence-electron chi connectivity index (χ1n) is 18.1. The van der Waals surface area contributed by atoms with E-state index in [-0.39, 0.29) is 11.8 Å². The summed E-state index contributed by atoms with van der Waals surface area (Å²) in [4.78, 5) is 38.3. The van der Waals surface area contributed by atoms with Gasteiger partial charge in [-0.25, -0.2) is 0 Å². The molecule has 14 heteroatoms. The second-order valence-corrected chi connectivity index (χ2v) is 11.6. The number of hydrogen-bond acceptors (Lipinski definition) is 12. The number of unbranched alkanes of at least 4 members (excludes halogenated alkanes) is 4. The Morgan fingerprint density at radius 2 is 1.02 bits per heavy atom. The Hall–Kier alpha value is -4.37. The molecule has 0 fully saturated rings. The van der Waals surface area contributed by atoms with Crippen molar-refractivity contribution in [3.8, 4) is 0 Å². The number of hydrogen-bond donors (Lipinski definition) is 5. The molecule has 0 spiro atoms. The van der Waals surface area contributed by atoms with Crippen molar-refractivity contribution in [3.05, 3.63) is 65.7 Å². The lowest BCUT2D eigenvalue weighted by atomic mass is 10.1. The molecule has 3 rings (SSSR count). The van der Waals surface area contributed by atoms with E-state index < -0.39 is 0 Å². The van der Waals surface area contributed by atoms with Crippen molar-refractivity contribution in [2.45, 2.75) is 52.4 Å². The van der Waals surface area contributed by atoms with E-state index >= 15 is 0 Å². The second-order valence-electron chi connectivity index (χ2n) is 11.6. The Balaban J connectivity index is 1.40. The van der Waals surface area contributed by atoms with Crippen LogP contribution in [0, 0.1) is 0 Å². The molecule has 0 aliphatic rings. The molecule has 2 aromatic carbocycles. The lowest BCUT2D eigenvalue weighted by Crippen LogP contribution is -2.27. The third kappa shape index (κ3) is 18.4. The lowest BCUT2D eigenvalue weighted by molar-refractivity contribution is 0.0485. The molecule has 280 valence electrons. The highest BCUT2D eigenvalue weighted by Crippen LogP contribution is 2.17. The van der Waals surface area contributed by atoms with E-state index in [9.17, 15) is 9.59 Å². The van der Waals surface area contributed by atoms with Crippen LogP contribution in [0.4, 0.5) is 23.5 Å². The van der Waals surface area contributed by atoms with E-state index in [0.717, 1.165) is 38.1 Å². The van der Waals surface area contributed by atoms with Crippen molar-refractivity contribution in [1.82, 2.24) is 25.6 Å². The summed E-state index contributed by atoms with van der Waals surface area (Å²) in [6.45, 7) is 10.2. The standard InChI is InChI=1S/C37H56N8O6/c1-3-5-6-7-11-18-40-35-43-36(41-21-25-51-29-28-50-23-19-38-33(46)30-12-9-8-10-13-30)45-37(44-35)42-32-16-14-31(15-17-32)34(47)39-20-24-49-27-26-48-22-4-2/h8-10,12-17H,3-7,11,18-29H2,1-2H3,(H,38,46)(H,39,47)(H3,40,41,42,43,44,45). The molecule has 0 aliphatic carbocycles. The molecule has 1 aromatic heterocycles. The molecule has 0 aliphatic heterocycles. The van der Waals surface area contributed by atoms with Gasteiger partial charge in [0.1, 0.15) is 0 Å². The van der Waals surface area contributed by atoms with Gasteiger partial charge in [-0.2, -0.15) is 15.0 Å². The van der Waals surface area contributed by atoms with Crippen molar-refractivity contribution in [1.29, 1.82) is 0 Å². The number of nitrogens with one attached hydrogen (secondary N) is 5. The summed E-state index contributed by atoms with van der Waals surface area (Å²) in [6, 6.07) is 16.2. The van der Waals surface area contributed by atoms with Crippen molar-refractivity contribution < 1.29 is 28.5 Å². The SMILES string of the molecule is CCCCCCCNc1nc(NCCOCCOCCNC(=O)c2ccccc2)nc(Nc2ccc(C(=O)NCCOCCOCCC)cc2)n1. The smallest absolute Gasteiger partial charge is 0.251 e.